The van der Waals surface area contributed by atoms with Gasteiger partial charge in [-0.25, -0.2) is 0 Å². The van der Waals surface area contributed by atoms with Gasteiger partial charge in [-0.15, -0.1) is 0 Å². The number of ether oxygens (including phenoxy) is 1. The van der Waals surface area contributed by atoms with E-state index in [9.17, 15) is 0 Å². The van der Waals surface area contributed by atoms with Gasteiger partial charge in [0.25, 0.3) is 0 Å². The van der Waals surface area contributed by atoms with E-state index < -0.39 is 0 Å². The van der Waals surface area contributed by atoms with Crippen LogP contribution in [-0.4, -0.2) is 26.2 Å². The monoisotopic (exact) mass is 282 g/mol. The molecule has 0 amide bonds. The lowest BCUT2D eigenvalue weighted by molar-refractivity contribution is 0.340. The molecule has 1 fully saturated rings. The van der Waals surface area contributed by atoms with Gasteiger partial charge in [0, 0.05) is 6.54 Å². The molecule has 106 valence electrons. The third kappa shape index (κ3) is 4.68. The Kier molecular flexibility index (Phi) is 5.95. The quantitative estimate of drug-likeness (QED) is 0.842. The molecule has 0 radical (unpaired) electrons. The maximum atomic E-state index is 6.17. The topological polar surface area (TPSA) is 33.3 Å². The minimum Gasteiger partial charge on any atom is -0.492 e. The minimum atomic E-state index is 0.646. The van der Waals surface area contributed by atoms with Gasteiger partial charge >= 0.3 is 0 Å². The Hall–Kier alpha value is -0.770. The molecule has 2 N–H and O–H groups in total. The highest BCUT2D eigenvalue weighted by Crippen LogP contribution is 2.25. The van der Waals surface area contributed by atoms with E-state index in [1.54, 1.807) is 0 Å². The molecule has 1 aromatic rings. The zero-order chi connectivity index (χ0) is 13.5. The zero-order valence-electron chi connectivity index (χ0n) is 11.5. The van der Waals surface area contributed by atoms with Crippen molar-refractivity contribution in [3.05, 3.63) is 28.8 Å². The van der Waals surface area contributed by atoms with Crippen molar-refractivity contribution in [2.24, 2.45) is 5.92 Å². The predicted octanol–water partition coefficient (Wildman–Crippen LogP) is 2.83. The van der Waals surface area contributed by atoms with Crippen LogP contribution in [0.5, 0.6) is 5.75 Å². The first-order valence-corrected chi connectivity index (χ1v) is 7.50. The zero-order valence-corrected chi connectivity index (χ0v) is 12.3. The number of piperidine rings is 1. The molecular formula is C15H23ClN2O. The molecule has 1 aromatic carbocycles. The highest BCUT2D eigenvalue weighted by molar-refractivity contribution is 6.32. The second-order valence-corrected chi connectivity index (χ2v) is 5.43. The molecule has 0 aliphatic carbocycles. The van der Waals surface area contributed by atoms with E-state index in [4.69, 9.17) is 16.3 Å². The van der Waals surface area contributed by atoms with Crippen molar-refractivity contribution in [1.29, 1.82) is 0 Å². The average molecular weight is 283 g/mol. The summed E-state index contributed by atoms with van der Waals surface area (Å²) >= 11 is 6.17. The van der Waals surface area contributed by atoms with Crippen molar-refractivity contribution in [2.45, 2.75) is 26.3 Å². The molecule has 3 nitrogen and oxygen atoms in total. The van der Waals surface area contributed by atoms with Crippen LogP contribution in [0.1, 0.15) is 25.3 Å². The van der Waals surface area contributed by atoms with E-state index in [-0.39, 0.29) is 0 Å². The van der Waals surface area contributed by atoms with Gasteiger partial charge in [-0.2, -0.15) is 0 Å². The third-order valence-corrected chi connectivity index (χ3v) is 3.81. The average Bonchev–Trinajstić information content (AvgIpc) is 2.43. The lowest BCUT2D eigenvalue weighted by Crippen LogP contribution is -2.33. The largest absolute Gasteiger partial charge is 0.492 e. The number of rotatable bonds is 6. The van der Waals surface area contributed by atoms with Crippen LogP contribution in [0.15, 0.2) is 18.2 Å². The van der Waals surface area contributed by atoms with Crippen LogP contribution in [0.25, 0.3) is 0 Å². The molecule has 0 saturated carbocycles. The molecule has 0 spiro atoms. The van der Waals surface area contributed by atoms with Crippen LogP contribution < -0.4 is 15.4 Å². The van der Waals surface area contributed by atoms with Gasteiger partial charge < -0.3 is 15.4 Å². The first-order chi connectivity index (χ1) is 9.29. The second kappa shape index (κ2) is 7.73. The molecule has 0 unspecified atom stereocenters. The number of halogens is 1. The summed E-state index contributed by atoms with van der Waals surface area (Å²) in [5.74, 6) is 1.57. The maximum Gasteiger partial charge on any atom is 0.137 e. The lowest BCUT2D eigenvalue weighted by atomic mass is 9.98. The highest BCUT2D eigenvalue weighted by atomic mass is 35.5. The second-order valence-electron chi connectivity index (χ2n) is 5.02. The molecule has 19 heavy (non-hydrogen) atoms. The van der Waals surface area contributed by atoms with Crippen molar-refractivity contribution in [2.75, 3.05) is 26.2 Å². The Labute approximate surface area is 120 Å². The number of nitrogens with one attached hydrogen (secondary N) is 2. The van der Waals surface area contributed by atoms with Crippen LogP contribution in [-0.2, 0) is 6.54 Å². The van der Waals surface area contributed by atoms with Crippen molar-refractivity contribution >= 4 is 11.6 Å². The first-order valence-electron chi connectivity index (χ1n) is 7.12. The van der Waals surface area contributed by atoms with Crippen LogP contribution in [0.4, 0.5) is 0 Å². The van der Waals surface area contributed by atoms with Gasteiger partial charge in [-0.05, 0) is 63.0 Å². The first kappa shape index (κ1) is 14.6. The highest BCUT2D eigenvalue weighted by Gasteiger charge is 2.12. The summed E-state index contributed by atoms with van der Waals surface area (Å²) in [6.07, 6.45) is 2.55. The van der Waals surface area contributed by atoms with Crippen LogP contribution in [0.2, 0.25) is 5.02 Å². The van der Waals surface area contributed by atoms with Crippen LogP contribution >= 0.6 is 11.6 Å². The molecule has 4 heteroatoms. The van der Waals surface area contributed by atoms with E-state index in [0.29, 0.717) is 11.6 Å². The molecule has 0 bridgehead atoms. The summed E-state index contributed by atoms with van der Waals surface area (Å²) in [7, 11) is 0. The van der Waals surface area contributed by atoms with E-state index in [1.165, 1.54) is 18.4 Å². The fourth-order valence-electron chi connectivity index (χ4n) is 2.43. The molecule has 1 aliphatic rings. The SMILES string of the molecule is CCOc1ccc(CNCC2CCNCC2)cc1Cl. The third-order valence-electron chi connectivity index (χ3n) is 3.52. The van der Waals surface area contributed by atoms with Crippen LogP contribution in [0, 0.1) is 5.92 Å². The van der Waals surface area contributed by atoms with Gasteiger partial charge in [0.05, 0.1) is 11.6 Å². The van der Waals surface area contributed by atoms with Gasteiger partial charge in [-0.3, -0.25) is 0 Å². The fraction of sp³-hybridized carbons (Fsp3) is 0.600. The van der Waals surface area contributed by atoms with Gasteiger partial charge in [0.1, 0.15) is 5.75 Å². The lowest BCUT2D eigenvalue weighted by Gasteiger charge is -2.22. The fourth-order valence-corrected chi connectivity index (χ4v) is 2.69. The summed E-state index contributed by atoms with van der Waals surface area (Å²) in [6, 6.07) is 6.02. The summed E-state index contributed by atoms with van der Waals surface area (Å²) in [5, 5.41) is 7.61. The van der Waals surface area contributed by atoms with E-state index in [0.717, 1.165) is 37.8 Å². The summed E-state index contributed by atoms with van der Waals surface area (Å²) in [5.41, 5.74) is 1.21. The molecule has 1 heterocycles. The summed E-state index contributed by atoms with van der Waals surface area (Å²) < 4.78 is 5.43. The molecule has 0 aromatic heterocycles. The maximum absolute atomic E-state index is 6.17. The van der Waals surface area contributed by atoms with E-state index in [1.807, 2.05) is 19.1 Å². The van der Waals surface area contributed by atoms with Gasteiger partial charge in [0.2, 0.25) is 0 Å². The van der Waals surface area contributed by atoms with Gasteiger partial charge in [-0.1, -0.05) is 17.7 Å². The van der Waals surface area contributed by atoms with Crippen molar-refractivity contribution in [1.82, 2.24) is 10.6 Å². The normalized spacial score (nSPS) is 16.5. The molecule has 2 rings (SSSR count). The minimum absolute atomic E-state index is 0.646. The Morgan fingerprint density at radius 2 is 2.16 bits per heavy atom. The summed E-state index contributed by atoms with van der Waals surface area (Å²) in [4.78, 5) is 0. The van der Waals surface area contributed by atoms with E-state index >= 15 is 0 Å². The number of hydrogen-bond donors (Lipinski definition) is 2. The Morgan fingerprint density at radius 3 is 2.84 bits per heavy atom. The molecular weight excluding hydrogens is 260 g/mol. The predicted molar refractivity (Wildman–Crippen MR) is 79.9 cm³/mol. The molecule has 1 saturated heterocycles. The Balaban J connectivity index is 1.77. The number of hydrogen-bond acceptors (Lipinski definition) is 3. The molecule has 1 aliphatic heterocycles. The summed E-state index contributed by atoms with van der Waals surface area (Å²) in [6.45, 7) is 6.88. The van der Waals surface area contributed by atoms with Gasteiger partial charge in [0.15, 0.2) is 0 Å². The Bertz CT molecular complexity index is 392. The van der Waals surface area contributed by atoms with Crippen LogP contribution in [0.3, 0.4) is 0 Å². The van der Waals surface area contributed by atoms with E-state index in [2.05, 4.69) is 16.7 Å². The van der Waals surface area contributed by atoms with Crippen molar-refractivity contribution in [3.63, 3.8) is 0 Å². The number of benzene rings is 1. The van der Waals surface area contributed by atoms with Crippen molar-refractivity contribution < 1.29 is 4.74 Å². The smallest absolute Gasteiger partial charge is 0.137 e. The molecule has 0 atom stereocenters. The standard InChI is InChI=1S/C15H23ClN2O/c1-2-19-15-4-3-13(9-14(15)16)11-18-10-12-5-7-17-8-6-12/h3-4,9,12,17-18H,2,5-8,10-11H2,1H3. The Morgan fingerprint density at radius 1 is 1.37 bits per heavy atom. The van der Waals surface area contributed by atoms with Crippen molar-refractivity contribution in [3.8, 4) is 5.75 Å².